The van der Waals surface area contributed by atoms with Crippen LogP contribution in [-0.4, -0.2) is 23.5 Å². The highest BCUT2D eigenvalue weighted by Gasteiger charge is 2.16. The Morgan fingerprint density at radius 2 is 2.14 bits per heavy atom. The van der Waals surface area contributed by atoms with E-state index in [1.807, 2.05) is 0 Å². The first-order chi connectivity index (χ1) is 6.41. The lowest BCUT2D eigenvalue weighted by atomic mass is 9.90. The van der Waals surface area contributed by atoms with Crippen LogP contribution < -0.4 is 11.1 Å². The molecule has 0 aromatic heterocycles. The van der Waals surface area contributed by atoms with E-state index in [2.05, 4.69) is 31.2 Å². The summed E-state index contributed by atoms with van der Waals surface area (Å²) in [6.07, 6.45) is 0.924. The van der Waals surface area contributed by atoms with Crippen LogP contribution in [-0.2, 0) is 4.79 Å². The summed E-state index contributed by atoms with van der Waals surface area (Å²) in [4.78, 5) is 11.2. The van der Waals surface area contributed by atoms with Crippen LogP contribution in [0.3, 0.4) is 0 Å². The van der Waals surface area contributed by atoms with Crippen molar-refractivity contribution in [1.29, 1.82) is 0 Å². The van der Waals surface area contributed by atoms with Crippen molar-refractivity contribution in [2.45, 2.75) is 33.6 Å². The molecule has 1 amide bonds. The fourth-order valence-electron chi connectivity index (χ4n) is 0.725. The van der Waals surface area contributed by atoms with Crippen molar-refractivity contribution in [2.24, 2.45) is 16.3 Å². The van der Waals surface area contributed by atoms with Crippen LogP contribution in [0.5, 0.6) is 0 Å². The molecule has 0 radical (unpaired) electrons. The molecule has 0 rings (SSSR count). The minimum atomic E-state index is -0.221. The van der Waals surface area contributed by atoms with Crippen LogP contribution in [0.2, 0.25) is 0 Å². The van der Waals surface area contributed by atoms with E-state index in [0.29, 0.717) is 6.54 Å². The highest BCUT2D eigenvalue weighted by molar-refractivity contribution is 5.98. The van der Waals surface area contributed by atoms with Crippen molar-refractivity contribution >= 4 is 11.7 Å². The SMILES string of the molecule is CCC(C)(C)CNC(=O)CC(N)=NO. The maximum atomic E-state index is 11.2. The summed E-state index contributed by atoms with van der Waals surface area (Å²) in [6, 6.07) is 0. The second kappa shape index (κ2) is 5.47. The summed E-state index contributed by atoms with van der Waals surface area (Å²) in [5, 5.41) is 13.7. The molecule has 0 aliphatic heterocycles. The van der Waals surface area contributed by atoms with Gasteiger partial charge in [-0.2, -0.15) is 0 Å². The Hall–Kier alpha value is -1.26. The van der Waals surface area contributed by atoms with Gasteiger partial charge in [0.05, 0.1) is 6.42 Å². The zero-order chi connectivity index (χ0) is 11.2. The summed E-state index contributed by atoms with van der Waals surface area (Å²) in [5.74, 6) is -0.293. The van der Waals surface area contributed by atoms with Gasteiger partial charge in [-0.3, -0.25) is 4.79 Å². The summed E-state index contributed by atoms with van der Waals surface area (Å²) >= 11 is 0. The zero-order valence-electron chi connectivity index (χ0n) is 9.00. The Morgan fingerprint density at radius 3 is 2.57 bits per heavy atom. The van der Waals surface area contributed by atoms with Gasteiger partial charge in [0.2, 0.25) is 5.91 Å². The highest BCUT2D eigenvalue weighted by Crippen LogP contribution is 2.17. The lowest BCUT2D eigenvalue weighted by molar-refractivity contribution is -0.120. The van der Waals surface area contributed by atoms with Crippen molar-refractivity contribution in [3.63, 3.8) is 0 Å². The van der Waals surface area contributed by atoms with Gasteiger partial charge in [0.15, 0.2) is 0 Å². The molecule has 4 N–H and O–H groups in total. The average molecular weight is 201 g/mol. The number of amides is 1. The van der Waals surface area contributed by atoms with Crippen molar-refractivity contribution in [3.8, 4) is 0 Å². The normalized spacial score (nSPS) is 12.6. The third-order valence-electron chi connectivity index (χ3n) is 2.19. The molecule has 0 aromatic carbocycles. The van der Waals surface area contributed by atoms with E-state index in [1.54, 1.807) is 0 Å². The molecule has 0 unspecified atom stereocenters. The Bertz CT molecular complexity index is 224. The average Bonchev–Trinajstić information content (AvgIpc) is 2.15. The zero-order valence-corrected chi connectivity index (χ0v) is 9.00. The number of rotatable bonds is 5. The van der Waals surface area contributed by atoms with Gasteiger partial charge >= 0.3 is 0 Å². The summed E-state index contributed by atoms with van der Waals surface area (Å²) in [5.41, 5.74) is 5.27. The lowest BCUT2D eigenvalue weighted by Crippen LogP contribution is -2.35. The second-order valence-corrected chi connectivity index (χ2v) is 4.06. The Labute approximate surface area is 84.4 Å². The van der Waals surface area contributed by atoms with Gasteiger partial charge in [-0.1, -0.05) is 25.9 Å². The number of nitrogens with one attached hydrogen (secondary N) is 1. The monoisotopic (exact) mass is 201 g/mol. The molecule has 5 nitrogen and oxygen atoms in total. The summed E-state index contributed by atoms with van der Waals surface area (Å²) in [6.45, 7) is 6.80. The molecule has 14 heavy (non-hydrogen) atoms. The minimum absolute atomic E-state index is 0.0592. The van der Waals surface area contributed by atoms with Crippen LogP contribution >= 0.6 is 0 Å². The van der Waals surface area contributed by atoms with Gasteiger partial charge in [-0.05, 0) is 11.8 Å². The Balaban J connectivity index is 3.86. The molecular weight excluding hydrogens is 182 g/mol. The minimum Gasteiger partial charge on any atom is -0.409 e. The van der Waals surface area contributed by atoms with E-state index in [1.165, 1.54) is 0 Å². The van der Waals surface area contributed by atoms with E-state index in [9.17, 15) is 4.79 Å². The van der Waals surface area contributed by atoms with Crippen LogP contribution in [0.25, 0.3) is 0 Å². The second-order valence-electron chi connectivity index (χ2n) is 4.06. The molecule has 0 spiro atoms. The van der Waals surface area contributed by atoms with Crippen LogP contribution in [0.15, 0.2) is 5.16 Å². The van der Waals surface area contributed by atoms with Gasteiger partial charge in [-0.15, -0.1) is 0 Å². The van der Waals surface area contributed by atoms with Gasteiger partial charge in [0.1, 0.15) is 5.84 Å². The fourth-order valence-corrected chi connectivity index (χ4v) is 0.725. The van der Waals surface area contributed by atoms with E-state index in [0.717, 1.165) is 6.42 Å². The molecule has 82 valence electrons. The Morgan fingerprint density at radius 1 is 1.57 bits per heavy atom. The first-order valence-corrected chi connectivity index (χ1v) is 4.64. The highest BCUT2D eigenvalue weighted by atomic mass is 16.4. The first-order valence-electron chi connectivity index (χ1n) is 4.64. The standard InChI is InChI=1S/C9H19N3O2/c1-4-9(2,3)6-11-8(13)5-7(10)12-14/h14H,4-6H2,1-3H3,(H2,10,12)(H,11,13). The molecule has 0 aliphatic carbocycles. The lowest BCUT2D eigenvalue weighted by Gasteiger charge is -2.22. The molecule has 0 saturated heterocycles. The number of nitrogens with two attached hydrogens (primary N) is 1. The van der Waals surface area contributed by atoms with Gasteiger partial charge in [0, 0.05) is 6.54 Å². The van der Waals surface area contributed by atoms with Gasteiger partial charge < -0.3 is 16.3 Å². The predicted molar refractivity (Wildman–Crippen MR) is 55.1 cm³/mol. The van der Waals surface area contributed by atoms with Crippen molar-refractivity contribution < 1.29 is 10.0 Å². The summed E-state index contributed by atoms with van der Waals surface area (Å²) < 4.78 is 0. The van der Waals surface area contributed by atoms with Crippen LogP contribution in [0.1, 0.15) is 33.6 Å². The Kier molecular flexibility index (Phi) is 4.97. The number of amidine groups is 1. The van der Waals surface area contributed by atoms with E-state index in [-0.39, 0.29) is 23.6 Å². The predicted octanol–water partition coefficient (Wildman–Crippen LogP) is 0.675. The maximum absolute atomic E-state index is 11.2. The molecule has 0 bridgehead atoms. The van der Waals surface area contributed by atoms with E-state index in [4.69, 9.17) is 10.9 Å². The quantitative estimate of drug-likeness (QED) is 0.264. The number of hydrogen-bond donors (Lipinski definition) is 3. The molecule has 0 aliphatic rings. The van der Waals surface area contributed by atoms with Gasteiger partial charge in [-0.25, -0.2) is 0 Å². The molecule has 0 aromatic rings. The molecule has 0 atom stereocenters. The third kappa shape index (κ3) is 5.40. The molecular formula is C9H19N3O2. The number of nitrogens with zero attached hydrogens (tertiary/aromatic N) is 1. The number of oxime groups is 1. The van der Waals surface area contributed by atoms with E-state index >= 15 is 0 Å². The fraction of sp³-hybridized carbons (Fsp3) is 0.778. The van der Waals surface area contributed by atoms with E-state index < -0.39 is 0 Å². The third-order valence-corrected chi connectivity index (χ3v) is 2.19. The smallest absolute Gasteiger partial charge is 0.227 e. The molecule has 0 fully saturated rings. The van der Waals surface area contributed by atoms with Crippen molar-refractivity contribution in [2.75, 3.05) is 6.54 Å². The number of carbonyl (C=O) groups is 1. The largest absolute Gasteiger partial charge is 0.409 e. The number of hydrogen-bond acceptors (Lipinski definition) is 3. The summed E-state index contributed by atoms with van der Waals surface area (Å²) in [7, 11) is 0. The van der Waals surface area contributed by atoms with Crippen molar-refractivity contribution in [3.05, 3.63) is 0 Å². The first kappa shape index (κ1) is 12.7. The number of carbonyl (C=O) groups excluding carboxylic acids is 1. The molecule has 0 heterocycles. The van der Waals surface area contributed by atoms with Crippen LogP contribution in [0.4, 0.5) is 0 Å². The van der Waals surface area contributed by atoms with Gasteiger partial charge in [0.25, 0.3) is 0 Å². The van der Waals surface area contributed by atoms with Crippen molar-refractivity contribution in [1.82, 2.24) is 5.32 Å². The molecule has 0 saturated carbocycles. The molecule has 5 heteroatoms. The maximum Gasteiger partial charge on any atom is 0.227 e. The topological polar surface area (TPSA) is 87.7 Å². The van der Waals surface area contributed by atoms with Crippen LogP contribution in [0, 0.1) is 5.41 Å².